The number of carbonyl (C=O) groups is 2. The fourth-order valence-corrected chi connectivity index (χ4v) is 4.04. The van der Waals surface area contributed by atoms with Crippen molar-refractivity contribution >= 4 is 17.4 Å². The first-order valence-corrected chi connectivity index (χ1v) is 10.0. The van der Waals surface area contributed by atoms with Crippen LogP contribution in [0, 0.1) is 27.7 Å². The van der Waals surface area contributed by atoms with Crippen LogP contribution in [0.25, 0.3) is 0 Å². The summed E-state index contributed by atoms with van der Waals surface area (Å²) in [5.41, 5.74) is 6.19. The zero-order valence-electron chi connectivity index (χ0n) is 18.1. The predicted octanol–water partition coefficient (Wildman–Crippen LogP) is 5.11. The van der Waals surface area contributed by atoms with Crippen molar-refractivity contribution in [3.05, 3.63) is 75.9 Å². The van der Waals surface area contributed by atoms with Gasteiger partial charge in [0.2, 0.25) is 5.78 Å². The third kappa shape index (κ3) is 4.12. The molecule has 0 saturated heterocycles. The molecule has 2 atom stereocenters. The van der Waals surface area contributed by atoms with Gasteiger partial charge in [0.1, 0.15) is 0 Å². The topological polar surface area (TPSA) is 46.6 Å². The highest BCUT2D eigenvalue weighted by Gasteiger charge is 2.23. The molecule has 152 valence electrons. The van der Waals surface area contributed by atoms with E-state index in [9.17, 15) is 9.59 Å². The van der Waals surface area contributed by atoms with Crippen LogP contribution in [0.3, 0.4) is 0 Å². The van der Waals surface area contributed by atoms with E-state index in [0.717, 1.165) is 27.9 Å². The lowest BCUT2D eigenvalue weighted by molar-refractivity contribution is 0.0474. The predicted molar refractivity (Wildman–Crippen MR) is 117 cm³/mol. The Bertz CT molecular complexity index is 934. The second-order valence-corrected chi connectivity index (χ2v) is 7.95. The minimum atomic E-state index is -0.481. The molecule has 2 aromatic carbocycles. The number of esters is 1. The Morgan fingerprint density at radius 2 is 1.41 bits per heavy atom. The van der Waals surface area contributed by atoms with Gasteiger partial charge in [-0.2, -0.15) is 0 Å². The minimum absolute atomic E-state index is 0.164. The van der Waals surface area contributed by atoms with Gasteiger partial charge in [0, 0.05) is 23.3 Å². The van der Waals surface area contributed by atoms with Gasteiger partial charge in [0.25, 0.3) is 0 Å². The van der Waals surface area contributed by atoms with E-state index in [-0.39, 0.29) is 12.4 Å². The van der Waals surface area contributed by atoms with Crippen molar-refractivity contribution in [3.63, 3.8) is 0 Å². The maximum absolute atomic E-state index is 12.7. The fourth-order valence-electron chi connectivity index (χ4n) is 4.04. The van der Waals surface area contributed by atoms with Crippen LogP contribution < -0.4 is 4.90 Å². The van der Waals surface area contributed by atoms with Crippen LogP contribution >= 0.6 is 0 Å². The zero-order valence-corrected chi connectivity index (χ0v) is 18.1. The van der Waals surface area contributed by atoms with Gasteiger partial charge in [0.05, 0.1) is 5.56 Å². The molecule has 2 aromatic rings. The van der Waals surface area contributed by atoms with E-state index in [2.05, 4.69) is 37.0 Å². The molecular formula is C25H29NO3. The molecule has 0 aromatic heterocycles. The largest absolute Gasteiger partial charge is 0.454 e. The van der Waals surface area contributed by atoms with Crippen molar-refractivity contribution < 1.29 is 14.3 Å². The number of ether oxygens (including phenoxy) is 1. The Balaban J connectivity index is 1.68. The lowest BCUT2D eigenvalue weighted by atomic mass is 9.92. The molecular weight excluding hydrogens is 362 g/mol. The Kier molecular flexibility index (Phi) is 5.92. The van der Waals surface area contributed by atoms with E-state index in [1.165, 1.54) is 0 Å². The Morgan fingerprint density at radius 3 is 1.93 bits per heavy atom. The molecule has 0 radical (unpaired) electrons. The first kappa shape index (κ1) is 20.8. The van der Waals surface area contributed by atoms with Crippen LogP contribution in [0.2, 0.25) is 0 Å². The van der Waals surface area contributed by atoms with Gasteiger partial charge in [-0.1, -0.05) is 18.2 Å². The molecule has 0 N–H and O–H groups in total. The van der Waals surface area contributed by atoms with Gasteiger partial charge in [-0.25, -0.2) is 4.79 Å². The van der Waals surface area contributed by atoms with Crippen LogP contribution in [-0.4, -0.2) is 30.4 Å². The van der Waals surface area contributed by atoms with Gasteiger partial charge in [-0.05, 0) is 88.1 Å². The molecule has 0 aliphatic carbocycles. The van der Waals surface area contributed by atoms with Gasteiger partial charge >= 0.3 is 5.97 Å². The highest BCUT2D eigenvalue weighted by atomic mass is 16.5. The molecule has 29 heavy (non-hydrogen) atoms. The van der Waals surface area contributed by atoms with Crippen LogP contribution in [0.4, 0.5) is 5.69 Å². The smallest absolute Gasteiger partial charge is 0.338 e. The number of hydrogen-bond acceptors (Lipinski definition) is 4. The molecule has 1 aliphatic rings. The average Bonchev–Trinajstić information content (AvgIpc) is 3.03. The molecule has 0 bridgehead atoms. The van der Waals surface area contributed by atoms with Crippen LogP contribution in [0.5, 0.6) is 0 Å². The molecule has 4 heteroatoms. The van der Waals surface area contributed by atoms with Crippen LogP contribution in [0.15, 0.2) is 42.5 Å². The number of carbonyl (C=O) groups excluding carboxylic acids is 2. The summed E-state index contributed by atoms with van der Waals surface area (Å²) in [6, 6.07) is 10.1. The lowest BCUT2D eigenvalue weighted by Crippen LogP contribution is -2.33. The second-order valence-electron chi connectivity index (χ2n) is 7.95. The minimum Gasteiger partial charge on any atom is -0.454 e. The molecule has 2 unspecified atom stereocenters. The first-order chi connectivity index (χ1) is 13.7. The third-order valence-corrected chi connectivity index (χ3v) is 5.93. The quantitative estimate of drug-likeness (QED) is 0.403. The Labute approximate surface area is 173 Å². The van der Waals surface area contributed by atoms with E-state index >= 15 is 0 Å². The maximum Gasteiger partial charge on any atom is 0.338 e. The van der Waals surface area contributed by atoms with E-state index in [0.29, 0.717) is 23.2 Å². The number of ketones is 1. The number of hydrogen-bond donors (Lipinski definition) is 0. The molecule has 1 heterocycles. The number of rotatable bonds is 5. The standard InChI is InChI=1S/C25H29NO3/c1-15-13-16(2)20(6)24(19(15)5)23(27)14-29-25(28)21-9-11-22(12-10-21)26-17(3)7-8-18(26)4/h7-13,17-18H,14H2,1-6H3. The summed E-state index contributed by atoms with van der Waals surface area (Å²) in [6.45, 7) is 11.9. The van der Waals surface area contributed by atoms with Crippen molar-refractivity contribution in [2.45, 2.75) is 53.6 Å². The Morgan fingerprint density at radius 1 is 0.897 bits per heavy atom. The molecule has 0 fully saturated rings. The summed E-state index contributed by atoms with van der Waals surface area (Å²) in [4.78, 5) is 27.5. The van der Waals surface area contributed by atoms with E-state index in [1.54, 1.807) is 12.1 Å². The van der Waals surface area contributed by atoms with Crippen molar-refractivity contribution in [3.8, 4) is 0 Å². The summed E-state index contributed by atoms with van der Waals surface area (Å²) in [5, 5.41) is 0. The lowest BCUT2D eigenvalue weighted by Gasteiger charge is -2.29. The number of aryl methyl sites for hydroxylation is 2. The van der Waals surface area contributed by atoms with Crippen molar-refractivity contribution in [1.29, 1.82) is 0 Å². The molecule has 3 rings (SSSR count). The molecule has 1 aliphatic heterocycles. The van der Waals surface area contributed by atoms with Crippen molar-refractivity contribution in [2.75, 3.05) is 11.5 Å². The van der Waals surface area contributed by atoms with Crippen molar-refractivity contribution in [1.82, 2.24) is 0 Å². The summed E-state index contributed by atoms with van der Waals surface area (Å²) in [5.74, 6) is -0.646. The summed E-state index contributed by atoms with van der Waals surface area (Å²) in [7, 11) is 0. The summed E-state index contributed by atoms with van der Waals surface area (Å²) < 4.78 is 5.33. The highest BCUT2D eigenvalue weighted by Crippen LogP contribution is 2.26. The monoisotopic (exact) mass is 391 g/mol. The Hall–Kier alpha value is -2.88. The van der Waals surface area contributed by atoms with E-state index in [4.69, 9.17) is 4.74 Å². The van der Waals surface area contributed by atoms with Gasteiger partial charge in [0.15, 0.2) is 6.61 Å². The van der Waals surface area contributed by atoms with E-state index < -0.39 is 5.97 Å². The van der Waals surface area contributed by atoms with Gasteiger partial charge in [-0.3, -0.25) is 4.79 Å². The van der Waals surface area contributed by atoms with E-state index in [1.807, 2.05) is 39.8 Å². The molecule has 0 spiro atoms. The molecule has 0 saturated carbocycles. The summed E-state index contributed by atoms with van der Waals surface area (Å²) in [6.07, 6.45) is 4.35. The summed E-state index contributed by atoms with van der Waals surface area (Å²) >= 11 is 0. The number of nitrogens with zero attached hydrogens (tertiary/aromatic N) is 1. The van der Waals surface area contributed by atoms with Crippen LogP contribution in [-0.2, 0) is 4.74 Å². The van der Waals surface area contributed by atoms with Crippen molar-refractivity contribution in [2.24, 2.45) is 0 Å². The first-order valence-electron chi connectivity index (χ1n) is 10.0. The number of anilines is 1. The average molecular weight is 392 g/mol. The maximum atomic E-state index is 12.7. The SMILES string of the molecule is Cc1cc(C)c(C)c(C(=O)COC(=O)c2ccc(N3C(C)C=CC3C)cc2)c1C. The highest BCUT2D eigenvalue weighted by molar-refractivity contribution is 6.02. The molecule has 4 nitrogen and oxygen atoms in total. The second kappa shape index (κ2) is 8.24. The number of benzene rings is 2. The van der Waals surface area contributed by atoms with Crippen LogP contribution in [0.1, 0.15) is 56.8 Å². The fraction of sp³-hybridized carbons (Fsp3) is 0.360. The van der Waals surface area contributed by atoms with Gasteiger partial charge < -0.3 is 9.64 Å². The normalized spacial score (nSPS) is 18.2. The number of Topliss-reactive ketones (excluding diaryl/α,β-unsaturated/α-hetero) is 1. The zero-order chi connectivity index (χ0) is 21.3. The molecule has 0 amide bonds. The van der Waals surface area contributed by atoms with Gasteiger partial charge in [-0.15, -0.1) is 0 Å². The third-order valence-electron chi connectivity index (χ3n) is 5.93.